The van der Waals surface area contributed by atoms with Gasteiger partial charge in [-0.15, -0.1) is 0 Å². The maximum atomic E-state index is 12.4. The van der Waals surface area contributed by atoms with Gasteiger partial charge in [0.2, 0.25) is 0 Å². The predicted molar refractivity (Wildman–Crippen MR) is 72.1 cm³/mol. The van der Waals surface area contributed by atoms with Gasteiger partial charge in [-0.05, 0) is 23.8 Å². The molecule has 21 heavy (non-hydrogen) atoms. The van der Waals surface area contributed by atoms with Crippen molar-refractivity contribution in [2.45, 2.75) is 12.7 Å². The van der Waals surface area contributed by atoms with Crippen LogP contribution in [0, 0.1) is 11.3 Å². The topological polar surface area (TPSA) is 74.7 Å². The van der Waals surface area contributed by atoms with Crippen molar-refractivity contribution in [2.24, 2.45) is 0 Å². The molecular weight excluding hydrogens is 281 g/mol. The van der Waals surface area contributed by atoms with Gasteiger partial charge in [0.25, 0.3) is 0 Å². The molecule has 0 atom stereocenters. The molecule has 0 bridgehead atoms. The molecule has 0 radical (unpaired) electrons. The van der Waals surface area contributed by atoms with Gasteiger partial charge in [0.05, 0.1) is 16.8 Å². The first-order valence-corrected chi connectivity index (χ1v) is 5.96. The standard InChI is InChI=1S/C14H11F3N4/c15-14(16,17)11-3-1-9(2-4-11)8-21-13-12(19)10(7-18)5-6-20-13/h1-6H,8,19H2,(H,20,21). The zero-order valence-electron chi connectivity index (χ0n) is 10.8. The Balaban J connectivity index is 2.09. The van der Waals surface area contributed by atoms with Crippen LogP contribution in [0.25, 0.3) is 0 Å². The van der Waals surface area contributed by atoms with Crippen molar-refractivity contribution in [3.05, 3.63) is 53.2 Å². The van der Waals surface area contributed by atoms with E-state index < -0.39 is 11.7 Å². The van der Waals surface area contributed by atoms with Crippen LogP contribution in [0.2, 0.25) is 0 Å². The van der Waals surface area contributed by atoms with Gasteiger partial charge >= 0.3 is 6.18 Å². The molecule has 0 aliphatic heterocycles. The molecule has 4 nitrogen and oxygen atoms in total. The van der Waals surface area contributed by atoms with Crippen LogP contribution >= 0.6 is 0 Å². The Bertz CT molecular complexity index is 672. The Morgan fingerprint density at radius 3 is 2.43 bits per heavy atom. The fourth-order valence-electron chi connectivity index (χ4n) is 1.71. The maximum Gasteiger partial charge on any atom is 0.416 e. The smallest absolute Gasteiger partial charge is 0.395 e. The van der Waals surface area contributed by atoms with Crippen molar-refractivity contribution in [1.29, 1.82) is 5.26 Å². The minimum absolute atomic E-state index is 0.215. The molecule has 0 unspecified atom stereocenters. The maximum absolute atomic E-state index is 12.4. The molecule has 0 aliphatic carbocycles. The van der Waals surface area contributed by atoms with Gasteiger partial charge < -0.3 is 11.1 Å². The molecule has 0 amide bonds. The number of rotatable bonds is 3. The van der Waals surface area contributed by atoms with Gasteiger partial charge in [0, 0.05) is 12.7 Å². The second kappa shape index (κ2) is 5.71. The molecule has 0 saturated heterocycles. The highest BCUT2D eigenvalue weighted by atomic mass is 19.4. The van der Waals surface area contributed by atoms with Gasteiger partial charge in [-0.2, -0.15) is 18.4 Å². The lowest BCUT2D eigenvalue weighted by molar-refractivity contribution is -0.137. The first-order chi connectivity index (χ1) is 9.91. The Morgan fingerprint density at radius 1 is 1.19 bits per heavy atom. The van der Waals surface area contributed by atoms with Crippen LogP contribution in [-0.4, -0.2) is 4.98 Å². The average molecular weight is 292 g/mol. The highest BCUT2D eigenvalue weighted by molar-refractivity contribution is 5.68. The Labute approximate surface area is 119 Å². The SMILES string of the molecule is N#Cc1ccnc(NCc2ccc(C(F)(F)F)cc2)c1N. The second-order valence-corrected chi connectivity index (χ2v) is 4.28. The minimum atomic E-state index is -4.35. The quantitative estimate of drug-likeness (QED) is 0.911. The highest BCUT2D eigenvalue weighted by Gasteiger charge is 2.29. The summed E-state index contributed by atoms with van der Waals surface area (Å²) < 4.78 is 37.3. The normalized spacial score (nSPS) is 11.0. The van der Waals surface area contributed by atoms with E-state index in [-0.39, 0.29) is 12.2 Å². The number of nitrogens with zero attached hydrogens (tertiary/aromatic N) is 2. The van der Waals surface area contributed by atoms with Crippen LogP contribution in [0.15, 0.2) is 36.5 Å². The summed E-state index contributed by atoms with van der Waals surface area (Å²) in [5.74, 6) is 0.328. The van der Waals surface area contributed by atoms with Crippen molar-refractivity contribution in [3.63, 3.8) is 0 Å². The molecule has 0 fully saturated rings. The number of pyridine rings is 1. The zero-order chi connectivity index (χ0) is 15.5. The van der Waals surface area contributed by atoms with Crippen LogP contribution in [0.5, 0.6) is 0 Å². The number of anilines is 2. The van der Waals surface area contributed by atoms with E-state index in [9.17, 15) is 13.2 Å². The number of aromatic nitrogens is 1. The lowest BCUT2D eigenvalue weighted by Crippen LogP contribution is -2.07. The number of alkyl halides is 3. The Morgan fingerprint density at radius 2 is 1.86 bits per heavy atom. The minimum Gasteiger partial charge on any atom is -0.395 e. The van der Waals surface area contributed by atoms with E-state index in [1.165, 1.54) is 24.4 Å². The largest absolute Gasteiger partial charge is 0.416 e. The van der Waals surface area contributed by atoms with E-state index in [1.807, 2.05) is 6.07 Å². The van der Waals surface area contributed by atoms with Crippen LogP contribution in [0.3, 0.4) is 0 Å². The van der Waals surface area contributed by atoms with Crippen LogP contribution in [-0.2, 0) is 12.7 Å². The van der Waals surface area contributed by atoms with Gasteiger partial charge in [-0.3, -0.25) is 0 Å². The van der Waals surface area contributed by atoms with Crippen molar-refractivity contribution in [2.75, 3.05) is 11.1 Å². The number of nitrogens with one attached hydrogen (secondary N) is 1. The number of nitrogen functional groups attached to an aromatic ring is 1. The zero-order valence-corrected chi connectivity index (χ0v) is 10.8. The van der Waals surface area contributed by atoms with Crippen molar-refractivity contribution < 1.29 is 13.2 Å². The van der Waals surface area contributed by atoms with Crippen LogP contribution in [0.1, 0.15) is 16.7 Å². The van der Waals surface area contributed by atoms with Gasteiger partial charge in [-0.1, -0.05) is 12.1 Å². The summed E-state index contributed by atoms with van der Waals surface area (Å²) in [6, 6.07) is 8.19. The van der Waals surface area contributed by atoms with Gasteiger partial charge in [-0.25, -0.2) is 4.98 Å². The Hall–Kier alpha value is -2.75. The molecule has 2 rings (SSSR count). The van der Waals surface area contributed by atoms with Crippen LogP contribution in [0.4, 0.5) is 24.7 Å². The summed E-state index contributed by atoms with van der Waals surface area (Å²) in [5.41, 5.74) is 6.20. The summed E-state index contributed by atoms with van der Waals surface area (Å²) >= 11 is 0. The van der Waals surface area contributed by atoms with E-state index in [1.54, 1.807) is 0 Å². The number of nitrogens with two attached hydrogens (primary N) is 1. The van der Waals surface area contributed by atoms with Gasteiger partial charge in [0.15, 0.2) is 5.82 Å². The van der Waals surface area contributed by atoms with E-state index in [2.05, 4.69) is 10.3 Å². The third kappa shape index (κ3) is 3.42. The summed E-state index contributed by atoms with van der Waals surface area (Å²) in [4.78, 5) is 3.99. The predicted octanol–water partition coefficient (Wildman–Crippen LogP) is 3.17. The second-order valence-electron chi connectivity index (χ2n) is 4.28. The van der Waals surface area contributed by atoms with E-state index in [0.717, 1.165) is 12.1 Å². The summed E-state index contributed by atoms with van der Waals surface area (Å²) in [7, 11) is 0. The monoisotopic (exact) mass is 292 g/mol. The fraction of sp³-hybridized carbons (Fsp3) is 0.143. The number of hydrogen-bond donors (Lipinski definition) is 2. The average Bonchev–Trinajstić information content (AvgIpc) is 2.46. The van der Waals surface area contributed by atoms with Crippen LogP contribution < -0.4 is 11.1 Å². The first-order valence-electron chi connectivity index (χ1n) is 5.96. The molecule has 108 valence electrons. The first kappa shape index (κ1) is 14.7. The third-order valence-corrected chi connectivity index (χ3v) is 2.85. The van der Waals surface area contributed by atoms with E-state index in [0.29, 0.717) is 16.9 Å². The van der Waals surface area contributed by atoms with Crippen molar-refractivity contribution in [3.8, 4) is 6.07 Å². The highest BCUT2D eigenvalue weighted by Crippen LogP contribution is 2.29. The Kier molecular flexibility index (Phi) is 3.98. The molecule has 1 aromatic carbocycles. The molecule has 1 aromatic heterocycles. The van der Waals surface area contributed by atoms with E-state index >= 15 is 0 Å². The summed E-state index contributed by atoms with van der Waals surface area (Å²) in [6.07, 6.45) is -2.91. The van der Waals surface area contributed by atoms with Gasteiger partial charge in [0.1, 0.15) is 6.07 Å². The number of benzene rings is 1. The molecule has 2 aromatic rings. The molecular formula is C14H11F3N4. The molecule has 1 heterocycles. The lowest BCUT2D eigenvalue weighted by atomic mass is 10.1. The third-order valence-electron chi connectivity index (χ3n) is 2.85. The molecule has 0 saturated carbocycles. The molecule has 7 heteroatoms. The van der Waals surface area contributed by atoms with Crippen molar-refractivity contribution in [1.82, 2.24) is 4.98 Å². The molecule has 0 aliphatic rings. The summed E-state index contributed by atoms with van der Waals surface area (Å²) in [6.45, 7) is 0.254. The van der Waals surface area contributed by atoms with E-state index in [4.69, 9.17) is 11.0 Å². The number of halogens is 3. The molecule has 0 spiro atoms. The fourth-order valence-corrected chi connectivity index (χ4v) is 1.71. The molecule has 3 N–H and O–H groups in total. The summed E-state index contributed by atoms with van der Waals surface area (Å²) in [5, 5.41) is 11.7. The number of hydrogen-bond acceptors (Lipinski definition) is 4. The number of nitriles is 1. The van der Waals surface area contributed by atoms with Crippen molar-refractivity contribution >= 4 is 11.5 Å². The lowest BCUT2D eigenvalue weighted by Gasteiger charge is -2.10.